The summed E-state index contributed by atoms with van der Waals surface area (Å²) in [7, 11) is 0. The minimum absolute atomic E-state index is 0.0129. The van der Waals surface area contributed by atoms with Crippen LogP contribution in [0.1, 0.15) is 56.3 Å². The van der Waals surface area contributed by atoms with Crippen molar-refractivity contribution in [2.75, 3.05) is 18.4 Å². The van der Waals surface area contributed by atoms with Crippen LogP contribution in [0.5, 0.6) is 0 Å². The summed E-state index contributed by atoms with van der Waals surface area (Å²) in [5.74, 6) is 0.687. The summed E-state index contributed by atoms with van der Waals surface area (Å²) in [6.07, 6.45) is 6.97. The van der Waals surface area contributed by atoms with E-state index in [-0.39, 0.29) is 23.8 Å². The van der Waals surface area contributed by atoms with E-state index in [0.29, 0.717) is 24.7 Å². The van der Waals surface area contributed by atoms with Crippen LogP contribution in [-0.2, 0) is 4.79 Å². The summed E-state index contributed by atoms with van der Waals surface area (Å²) < 4.78 is 0. The van der Waals surface area contributed by atoms with Crippen molar-refractivity contribution in [3.8, 4) is 0 Å². The molecule has 2 fully saturated rings. The van der Waals surface area contributed by atoms with E-state index < -0.39 is 0 Å². The third-order valence-corrected chi connectivity index (χ3v) is 4.97. The number of carbonyl (C=O) groups is 2. The summed E-state index contributed by atoms with van der Waals surface area (Å²) in [6.45, 7) is 5.11. The van der Waals surface area contributed by atoms with E-state index in [2.05, 4.69) is 15.6 Å². The van der Waals surface area contributed by atoms with Gasteiger partial charge >= 0.3 is 0 Å². The second-order valence-corrected chi connectivity index (χ2v) is 7.46. The number of hydrogen-bond acceptors (Lipinski definition) is 4. The van der Waals surface area contributed by atoms with Crippen LogP contribution in [0.2, 0.25) is 0 Å². The number of nitrogens with zero attached hydrogens (tertiary/aromatic N) is 2. The number of pyridine rings is 1. The maximum absolute atomic E-state index is 12.9. The fraction of sp³-hybridized carbons (Fsp3) is 0.632. The SMILES string of the molecule is CC(C)NC(=O)[C@H]1CCCN(C(=O)c2ccnc(NC3CCC3)c2)C1. The maximum Gasteiger partial charge on any atom is 0.254 e. The van der Waals surface area contributed by atoms with Crippen LogP contribution < -0.4 is 10.6 Å². The first-order chi connectivity index (χ1) is 12.0. The number of piperidine rings is 1. The van der Waals surface area contributed by atoms with Crippen molar-refractivity contribution in [3.63, 3.8) is 0 Å². The fourth-order valence-corrected chi connectivity index (χ4v) is 3.36. The first kappa shape index (κ1) is 17.7. The number of amides is 2. The Balaban J connectivity index is 1.63. The first-order valence-electron chi connectivity index (χ1n) is 9.35. The van der Waals surface area contributed by atoms with Crippen molar-refractivity contribution in [3.05, 3.63) is 23.9 Å². The first-order valence-corrected chi connectivity index (χ1v) is 9.35. The molecule has 3 rings (SSSR count). The van der Waals surface area contributed by atoms with Gasteiger partial charge < -0.3 is 15.5 Å². The molecular weight excluding hydrogens is 316 g/mol. The molecule has 6 nitrogen and oxygen atoms in total. The third kappa shape index (κ3) is 4.50. The number of rotatable bonds is 5. The normalized spacial score (nSPS) is 20.9. The van der Waals surface area contributed by atoms with Gasteiger partial charge in [-0.2, -0.15) is 0 Å². The summed E-state index contributed by atoms with van der Waals surface area (Å²) >= 11 is 0. The predicted molar refractivity (Wildman–Crippen MR) is 97.4 cm³/mol. The molecule has 1 aromatic heterocycles. The average Bonchev–Trinajstić information content (AvgIpc) is 2.57. The summed E-state index contributed by atoms with van der Waals surface area (Å²) in [5, 5.41) is 6.34. The van der Waals surface area contributed by atoms with Crippen molar-refractivity contribution in [1.82, 2.24) is 15.2 Å². The number of aromatic nitrogens is 1. The molecule has 1 aliphatic heterocycles. The van der Waals surface area contributed by atoms with Gasteiger partial charge in [-0.1, -0.05) is 0 Å². The molecule has 0 bridgehead atoms. The van der Waals surface area contributed by atoms with Gasteiger partial charge in [0.05, 0.1) is 5.92 Å². The van der Waals surface area contributed by atoms with Crippen LogP contribution >= 0.6 is 0 Å². The van der Waals surface area contributed by atoms with Crippen molar-refractivity contribution >= 4 is 17.6 Å². The summed E-state index contributed by atoms with van der Waals surface area (Å²) in [4.78, 5) is 31.2. The highest BCUT2D eigenvalue weighted by Gasteiger charge is 2.29. The van der Waals surface area contributed by atoms with Gasteiger partial charge in [0.2, 0.25) is 5.91 Å². The van der Waals surface area contributed by atoms with Crippen molar-refractivity contribution in [2.45, 2.75) is 58.0 Å². The molecule has 1 aliphatic carbocycles. The van der Waals surface area contributed by atoms with Gasteiger partial charge in [-0.05, 0) is 58.1 Å². The van der Waals surface area contributed by atoms with Gasteiger partial charge in [-0.15, -0.1) is 0 Å². The van der Waals surface area contributed by atoms with Gasteiger partial charge in [0, 0.05) is 36.9 Å². The zero-order valence-corrected chi connectivity index (χ0v) is 15.1. The van der Waals surface area contributed by atoms with Gasteiger partial charge in [0.15, 0.2) is 0 Å². The second kappa shape index (κ2) is 7.85. The minimum Gasteiger partial charge on any atom is -0.367 e. The third-order valence-electron chi connectivity index (χ3n) is 4.97. The van der Waals surface area contributed by atoms with Gasteiger partial charge in [-0.25, -0.2) is 4.98 Å². The average molecular weight is 344 g/mol. The molecule has 1 aromatic rings. The van der Waals surface area contributed by atoms with Crippen LogP contribution in [0.15, 0.2) is 18.3 Å². The topological polar surface area (TPSA) is 74.3 Å². The molecule has 2 heterocycles. The molecule has 136 valence electrons. The lowest BCUT2D eigenvalue weighted by molar-refractivity contribution is -0.126. The highest BCUT2D eigenvalue weighted by atomic mass is 16.2. The van der Waals surface area contributed by atoms with E-state index >= 15 is 0 Å². The molecule has 1 atom stereocenters. The van der Waals surface area contributed by atoms with E-state index in [4.69, 9.17) is 0 Å². The summed E-state index contributed by atoms with van der Waals surface area (Å²) in [5.41, 5.74) is 0.641. The number of anilines is 1. The standard InChI is InChI=1S/C19H28N4O2/c1-13(2)21-18(24)15-5-4-10-23(12-15)19(25)14-8-9-20-17(11-14)22-16-6-3-7-16/h8-9,11,13,15-16H,3-7,10,12H2,1-2H3,(H,20,22)(H,21,24)/t15-/m0/s1. The lowest BCUT2D eigenvalue weighted by Crippen LogP contribution is -2.46. The molecule has 0 aromatic carbocycles. The molecule has 0 radical (unpaired) electrons. The Morgan fingerprint density at radius 1 is 1.24 bits per heavy atom. The highest BCUT2D eigenvalue weighted by Crippen LogP contribution is 2.23. The Labute approximate surface area is 149 Å². The van der Waals surface area contributed by atoms with E-state index in [1.165, 1.54) is 19.3 Å². The molecule has 1 saturated heterocycles. The van der Waals surface area contributed by atoms with Gasteiger partial charge in [-0.3, -0.25) is 9.59 Å². The molecule has 25 heavy (non-hydrogen) atoms. The smallest absolute Gasteiger partial charge is 0.254 e. The van der Waals surface area contributed by atoms with Crippen molar-refractivity contribution < 1.29 is 9.59 Å². The quantitative estimate of drug-likeness (QED) is 0.860. The Bertz CT molecular complexity index is 628. The minimum atomic E-state index is -0.116. The molecular formula is C19H28N4O2. The molecule has 1 saturated carbocycles. The van der Waals surface area contributed by atoms with Crippen LogP contribution in [0.4, 0.5) is 5.82 Å². The summed E-state index contributed by atoms with van der Waals surface area (Å²) in [6, 6.07) is 4.20. The largest absolute Gasteiger partial charge is 0.367 e. The molecule has 0 unspecified atom stereocenters. The highest BCUT2D eigenvalue weighted by molar-refractivity contribution is 5.95. The van der Waals surface area contributed by atoms with Gasteiger partial charge in [0.1, 0.15) is 5.82 Å². The molecule has 2 aliphatic rings. The Hall–Kier alpha value is -2.11. The van der Waals surface area contributed by atoms with E-state index in [1.807, 2.05) is 19.9 Å². The second-order valence-electron chi connectivity index (χ2n) is 7.46. The van der Waals surface area contributed by atoms with E-state index in [0.717, 1.165) is 18.7 Å². The van der Waals surface area contributed by atoms with Crippen LogP contribution in [0.25, 0.3) is 0 Å². The lowest BCUT2D eigenvalue weighted by atomic mass is 9.93. The van der Waals surface area contributed by atoms with Crippen molar-refractivity contribution in [1.29, 1.82) is 0 Å². The predicted octanol–water partition coefficient (Wildman–Crippen LogP) is 2.42. The molecule has 0 spiro atoms. The zero-order valence-electron chi connectivity index (χ0n) is 15.1. The molecule has 2 amide bonds. The lowest BCUT2D eigenvalue weighted by Gasteiger charge is -2.32. The fourth-order valence-electron chi connectivity index (χ4n) is 3.36. The van der Waals surface area contributed by atoms with Crippen molar-refractivity contribution in [2.24, 2.45) is 5.92 Å². The van der Waals surface area contributed by atoms with E-state index in [1.54, 1.807) is 17.2 Å². The number of carbonyl (C=O) groups excluding carboxylic acids is 2. The van der Waals surface area contributed by atoms with Crippen LogP contribution in [-0.4, -0.2) is 46.9 Å². The molecule has 2 N–H and O–H groups in total. The Morgan fingerprint density at radius 3 is 2.72 bits per heavy atom. The monoisotopic (exact) mass is 344 g/mol. The molecule has 6 heteroatoms. The van der Waals surface area contributed by atoms with E-state index in [9.17, 15) is 9.59 Å². The number of likely N-dealkylation sites (tertiary alicyclic amines) is 1. The van der Waals surface area contributed by atoms with Crippen LogP contribution in [0.3, 0.4) is 0 Å². The number of nitrogens with one attached hydrogen (secondary N) is 2. The Morgan fingerprint density at radius 2 is 2.04 bits per heavy atom. The number of hydrogen-bond donors (Lipinski definition) is 2. The van der Waals surface area contributed by atoms with Crippen LogP contribution in [0, 0.1) is 5.92 Å². The van der Waals surface area contributed by atoms with Gasteiger partial charge in [0.25, 0.3) is 5.91 Å². The maximum atomic E-state index is 12.9. The zero-order chi connectivity index (χ0) is 17.8. The Kier molecular flexibility index (Phi) is 5.56.